The molecule has 0 spiro atoms. The van der Waals surface area contributed by atoms with Crippen molar-refractivity contribution < 1.29 is 32.2 Å². The Labute approximate surface area is 209 Å². The number of carbonyl (C=O) groups excluding carboxylic acids is 2. The molecule has 9 nitrogen and oxygen atoms in total. The van der Waals surface area contributed by atoms with E-state index in [1.54, 1.807) is 0 Å². The zero-order valence-electron chi connectivity index (χ0n) is 20.1. The van der Waals surface area contributed by atoms with Crippen molar-refractivity contribution in [3.05, 3.63) is 71.0 Å². The Kier molecular flexibility index (Phi) is 7.55. The number of likely N-dealkylation sites (tertiary alicyclic amines) is 1. The lowest BCUT2D eigenvalue weighted by atomic mass is 9.95. The maximum atomic E-state index is 13.6. The number of morpholine rings is 1. The number of hydrogen-bond acceptors (Lipinski definition) is 7. The smallest absolute Gasteiger partial charge is 0.295 e. The Hall–Kier alpha value is -3.12. The first kappa shape index (κ1) is 26.0. The molecule has 0 radical (unpaired) electrons. The second-order valence-corrected chi connectivity index (χ2v) is 10.8. The van der Waals surface area contributed by atoms with Crippen molar-refractivity contribution in [2.75, 3.05) is 53.5 Å². The fraction of sp³-hybridized carbons (Fsp3) is 0.360. The summed E-state index contributed by atoms with van der Waals surface area (Å²) in [5.74, 6) is -2.52. The van der Waals surface area contributed by atoms with E-state index in [-0.39, 0.29) is 35.7 Å². The van der Waals surface area contributed by atoms with Gasteiger partial charge < -0.3 is 19.6 Å². The quantitative estimate of drug-likeness (QED) is 0.339. The van der Waals surface area contributed by atoms with E-state index in [0.29, 0.717) is 25.3 Å². The summed E-state index contributed by atoms with van der Waals surface area (Å²) >= 11 is 0. The highest BCUT2D eigenvalue weighted by Gasteiger charge is 2.46. The molecule has 2 aliphatic rings. The standard InChI is InChI=1S/C25H28FN3O6S/c1-27(2)11-12-29-22(17-3-7-19(26)8-4-17)21(24(31)25(29)32)23(30)18-5-9-20(10-6-18)36(33,34)28-13-15-35-16-14-28/h3-10,22,30H,11-16H2,1-2H3/t22-/m0/s1. The lowest BCUT2D eigenvalue weighted by Gasteiger charge is -2.26. The van der Waals surface area contributed by atoms with Crippen LogP contribution >= 0.6 is 0 Å². The molecule has 2 aliphatic heterocycles. The molecule has 0 unspecified atom stereocenters. The molecule has 0 aromatic heterocycles. The van der Waals surface area contributed by atoms with E-state index in [2.05, 4.69) is 0 Å². The Bertz CT molecular complexity index is 1270. The number of benzene rings is 2. The van der Waals surface area contributed by atoms with E-state index in [0.717, 1.165) is 0 Å². The molecule has 2 fully saturated rings. The number of carbonyl (C=O) groups is 2. The summed E-state index contributed by atoms with van der Waals surface area (Å²) in [6.45, 7) is 1.81. The number of ketones is 1. The van der Waals surface area contributed by atoms with E-state index in [1.807, 2.05) is 19.0 Å². The number of aliphatic hydroxyl groups excluding tert-OH is 1. The van der Waals surface area contributed by atoms with Gasteiger partial charge in [-0.15, -0.1) is 0 Å². The molecule has 1 amide bonds. The number of likely N-dealkylation sites (N-methyl/N-ethyl adjacent to an activating group) is 1. The van der Waals surface area contributed by atoms with Crippen LogP contribution < -0.4 is 0 Å². The van der Waals surface area contributed by atoms with Gasteiger partial charge in [0.1, 0.15) is 11.6 Å². The average molecular weight is 518 g/mol. The normalized spacial score (nSPS) is 20.9. The van der Waals surface area contributed by atoms with Crippen LogP contribution in [0.3, 0.4) is 0 Å². The molecule has 4 rings (SSSR count). The van der Waals surface area contributed by atoms with Crippen molar-refractivity contribution in [1.82, 2.24) is 14.1 Å². The first-order chi connectivity index (χ1) is 17.1. The minimum absolute atomic E-state index is 0.0440. The van der Waals surface area contributed by atoms with Crippen molar-refractivity contribution >= 4 is 27.5 Å². The molecule has 11 heteroatoms. The number of sulfonamides is 1. The summed E-state index contributed by atoms with van der Waals surface area (Å²) < 4.78 is 46.0. The number of Topliss-reactive ketones (excluding diaryl/α,β-unsaturated/α-hetero) is 1. The summed E-state index contributed by atoms with van der Waals surface area (Å²) in [6.07, 6.45) is 0. The molecule has 192 valence electrons. The van der Waals surface area contributed by atoms with Crippen LogP contribution in [0, 0.1) is 5.82 Å². The van der Waals surface area contributed by atoms with Crippen molar-refractivity contribution in [3.8, 4) is 0 Å². The summed E-state index contributed by atoms with van der Waals surface area (Å²) in [6, 6.07) is 10.0. The van der Waals surface area contributed by atoms with Crippen LogP contribution in [0.4, 0.5) is 4.39 Å². The Morgan fingerprint density at radius 1 is 1.06 bits per heavy atom. The highest BCUT2D eigenvalue weighted by atomic mass is 32.2. The van der Waals surface area contributed by atoms with Gasteiger partial charge in [0.25, 0.3) is 11.7 Å². The predicted molar refractivity (Wildman–Crippen MR) is 130 cm³/mol. The molecule has 0 saturated carbocycles. The van der Waals surface area contributed by atoms with Crippen molar-refractivity contribution in [1.29, 1.82) is 0 Å². The molecule has 1 N–H and O–H groups in total. The topological polar surface area (TPSA) is 107 Å². The number of rotatable bonds is 7. The minimum Gasteiger partial charge on any atom is -0.507 e. The Morgan fingerprint density at radius 3 is 2.25 bits per heavy atom. The van der Waals surface area contributed by atoms with Crippen molar-refractivity contribution in [2.24, 2.45) is 0 Å². The molecule has 1 atom stereocenters. The summed E-state index contributed by atoms with van der Waals surface area (Å²) in [5.41, 5.74) is 0.533. The predicted octanol–water partition coefficient (Wildman–Crippen LogP) is 1.83. The van der Waals surface area contributed by atoms with Gasteiger partial charge in [0.15, 0.2) is 0 Å². The molecule has 2 heterocycles. The third-order valence-corrected chi connectivity index (χ3v) is 8.16. The third kappa shape index (κ3) is 5.05. The fourth-order valence-corrected chi connectivity index (χ4v) is 5.69. The summed E-state index contributed by atoms with van der Waals surface area (Å²) in [4.78, 5) is 29.2. The zero-order chi connectivity index (χ0) is 26.0. The van der Waals surface area contributed by atoms with Gasteiger partial charge in [-0.25, -0.2) is 12.8 Å². The van der Waals surface area contributed by atoms with Crippen LogP contribution in [0.5, 0.6) is 0 Å². The third-order valence-electron chi connectivity index (χ3n) is 6.25. The molecular formula is C25H28FN3O6S. The molecule has 2 aromatic rings. The second-order valence-electron chi connectivity index (χ2n) is 8.89. The monoisotopic (exact) mass is 517 g/mol. The minimum atomic E-state index is -3.74. The highest BCUT2D eigenvalue weighted by molar-refractivity contribution is 7.89. The second kappa shape index (κ2) is 10.5. The molecular weight excluding hydrogens is 489 g/mol. The number of aliphatic hydroxyl groups is 1. The van der Waals surface area contributed by atoms with Crippen LogP contribution in [-0.4, -0.2) is 92.8 Å². The van der Waals surface area contributed by atoms with E-state index in [1.165, 1.54) is 57.7 Å². The number of hydrogen-bond donors (Lipinski definition) is 1. The maximum absolute atomic E-state index is 13.6. The van der Waals surface area contributed by atoms with E-state index < -0.39 is 39.3 Å². The van der Waals surface area contributed by atoms with Gasteiger partial charge in [-0.05, 0) is 56.1 Å². The van der Waals surface area contributed by atoms with Crippen LogP contribution in [0.1, 0.15) is 17.2 Å². The van der Waals surface area contributed by atoms with Gasteiger partial charge in [-0.1, -0.05) is 12.1 Å². The lowest BCUT2D eigenvalue weighted by molar-refractivity contribution is -0.140. The van der Waals surface area contributed by atoms with Crippen LogP contribution in [0.25, 0.3) is 5.76 Å². The molecule has 0 bridgehead atoms. The van der Waals surface area contributed by atoms with Gasteiger partial charge in [0.2, 0.25) is 10.0 Å². The molecule has 2 saturated heterocycles. The first-order valence-electron chi connectivity index (χ1n) is 11.5. The van der Waals surface area contributed by atoms with Gasteiger partial charge >= 0.3 is 0 Å². The van der Waals surface area contributed by atoms with Crippen LogP contribution in [0.15, 0.2) is 59.0 Å². The Balaban J connectivity index is 1.73. The van der Waals surface area contributed by atoms with Crippen LogP contribution in [-0.2, 0) is 24.3 Å². The van der Waals surface area contributed by atoms with Crippen molar-refractivity contribution in [2.45, 2.75) is 10.9 Å². The lowest BCUT2D eigenvalue weighted by Crippen LogP contribution is -2.40. The SMILES string of the molecule is CN(C)CCN1C(=O)C(=O)C(=C(O)c2ccc(S(=O)(=O)N3CCOCC3)cc2)[C@@H]1c1ccc(F)cc1. The van der Waals surface area contributed by atoms with E-state index >= 15 is 0 Å². The average Bonchev–Trinajstić information content (AvgIpc) is 3.13. The fourth-order valence-electron chi connectivity index (χ4n) is 4.29. The zero-order valence-corrected chi connectivity index (χ0v) is 20.9. The van der Waals surface area contributed by atoms with Gasteiger partial charge in [0, 0.05) is 31.7 Å². The molecule has 2 aromatic carbocycles. The van der Waals surface area contributed by atoms with E-state index in [9.17, 15) is 27.5 Å². The van der Waals surface area contributed by atoms with Crippen LogP contribution in [0.2, 0.25) is 0 Å². The van der Waals surface area contributed by atoms with Crippen molar-refractivity contribution in [3.63, 3.8) is 0 Å². The van der Waals surface area contributed by atoms with Gasteiger partial charge in [0.05, 0.1) is 29.7 Å². The van der Waals surface area contributed by atoms with Gasteiger partial charge in [-0.3, -0.25) is 9.59 Å². The Morgan fingerprint density at radius 2 is 1.67 bits per heavy atom. The van der Waals surface area contributed by atoms with Gasteiger partial charge in [-0.2, -0.15) is 4.31 Å². The highest BCUT2D eigenvalue weighted by Crippen LogP contribution is 2.39. The number of nitrogens with zero attached hydrogens (tertiary/aromatic N) is 3. The number of amides is 1. The molecule has 0 aliphatic carbocycles. The summed E-state index contributed by atoms with van der Waals surface area (Å²) in [5, 5.41) is 11.2. The van der Waals surface area contributed by atoms with E-state index in [4.69, 9.17) is 4.74 Å². The molecule has 36 heavy (non-hydrogen) atoms. The number of halogens is 1. The summed E-state index contributed by atoms with van der Waals surface area (Å²) in [7, 11) is -0.0802. The maximum Gasteiger partial charge on any atom is 0.295 e. The number of ether oxygens (including phenoxy) is 1. The largest absolute Gasteiger partial charge is 0.507 e. The first-order valence-corrected chi connectivity index (χ1v) is 12.9.